The van der Waals surface area contributed by atoms with Crippen LogP contribution in [0.3, 0.4) is 0 Å². The van der Waals surface area contributed by atoms with Crippen LogP contribution in [0, 0.1) is 0 Å². The number of hydrogen-bond donors (Lipinski definition) is 0. The second kappa shape index (κ2) is 7.53. The minimum Gasteiger partial charge on any atom is -0.497 e. The highest BCUT2D eigenvalue weighted by molar-refractivity contribution is 6.17. The van der Waals surface area contributed by atoms with Crippen LogP contribution in [0.4, 0.5) is 0 Å². The molecule has 2 aromatic rings. The standard InChI is InChI=1S/C18H19ClN2O3/c1-23-14-6-4-13(5-7-14)11-21-12-15(8-9-19)24-17-16(18(21)22)3-2-10-20-17/h2-7,10,15H,8-9,11-12H2,1H3. The van der Waals surface area contributed by atoms with Crippen molar-refractivity contribution in [1.82, 2.24) is 9.88 Å². The van der Waals surface area contributed by atoms with Crippen LogP contribution in [0.2, 0.25) is 0 Å². The first-order chi connectivity index (χ1) is 11.7. The number of carbonyl (C=O) groups is 1. The number of alkyl halides is 1. The first-order valence-corrected chi connectivity index (χ1v) is 8.34. The fraction of sp³-hybridized carbons (Fsp3) is 0.333. The second-order valence-corrected chi connectivity index (χ2v) is 5.99. The highest BCUT2D eigenvalue weighted by Gasteiger charge is 2.29. The van der Waals surface area contributed by atoms with Gasteiger partial charge in [-0.25, -0.2) is 4.98 Å². The van der Waals surface area contributed by atoms with E-state index < -0.39 is 0 Å². The van der Waals surface area contributed by atoms with Gasteiger partial charge in [-0.1, -0.05) is 12.1 Å². The van der Waals surface area contributed by atoms with Crippen molar-refractivity contribution in [2.75, 3.05) is 19.5 Å². The zero-order valence-corrected chi connectivity index (χ0v) is 14.2. The molecule has 1 unspecified atom stereocenters. The van der Waals surface area contributed by atoms with E-state index >= 15 is 0 Å². The summed E-state index contributed by atoms with van der Waals surface area (Å²) >= 11 is 5.88. The summed E-state index contributed by atoms with van der Waals surface area (Å²) in [6, 6.07) is 11.2. The summed E-state index contributed by atoms with van der Waals surface area (Å²) in [6.45, 7) is 0.979. The quantitative estimate of drug-likeness (QED) is 0.780. The van der Waals surface area contributed by atoms with Crippen molar-refractivity contribution in [3.63, 3.8) is 0 Å². The minimum absolute atomic E-state index is 0.0778. The van der Waals surface area contributed by atoms with Crippen LogP contribution in [0.25, 0.3) is 0 Å². The molecule has 0 bridgehead atoms. The lowest BCUT2D eigenvalue weighted by Crippen LogP contribution is -2.36. The second-order valence-electron chi connectivity index (χ2n) is 5.61. The summed E-state index contributed by atoms with van der Waals surface area (Å²) in [5.41, 5.74) is 1.52. The Morgan fingerprint density at radius 1 is 1.33 bits per heavy atom. The zero-order chi connectivity index (χ0) is 16.9. The molecule has 3 rings (SSSR count). The maximum absolute atomic E-state index is 12.9. The van der Waals surface area contributed by atoms with Crippen molar-refractivity contribution >= 4 is 17.5 Å². The number of halogens is 1. The Balaban J connectivity index is 1.85. The Kier molecular flexibility index (Phi) is 5.20. The first kappa shape index (κ1) is 16.6. The van der Waals surface area contributed by atoms with E-state index in [1.54, 1.807) is 30.3 Å². The first-order valence-electron chi connectivity index (χ1n) is 7.81. The molecule has 1 atom stereocenters. The van der Waals surface area contributed by atoms with Gasteiger partial charge in [0.1, 0.15) is 17.4 Å². The van der Waals surface area contributed by atoms with Gasteiger partial charge in [-0.05, 0) is 36.2 Å². The molecule has 5 nitrogen and oxygen atoms in total. The number of amides is 1. The van der Waals surface area contributed by atoms with Gasteiger partial charge < -0.3 is 14.4 Å². The summed E-state index contributed by atoms with van der Waals surface area (Å²) in [5.74, 6) is 1.57. The fourth-order valence-electron chi connectivity index (χ4n) is 2.70. The molecule has 1 aliphatic heterocycles. The van der Waals surface area contributed by atoms with Gasteiger partial charge in [0, 0.05) is 18.6 Å². The van der Waals surface area contributed by atoms with Crippen molar-refractivity contribution in [2.45, 2.75) is 19.1 Å². The molecule has 1 aliphatic rings. The number of hydrogen-bond acceptors (Lipinski definition) is 4. The van der Waals surface area contributed by atoms with Crippen molar-refractivity contribution in [3.05, 3.63) is 53.7 Å². The molecule has 0 fully saturated rings. The van der Waals surface area contributed by atoms with Crippen LogP contribution in [0.15, 0.2) is 42.6 Å². The minimum atomic E-state index is -0.166. The summed E-state index contributed by atoms with van der Waals surface area (Å²) in [7, 11) is 1.63. The molecule has 126 valence electrons. The molecule has 0 radical (unpaired) electrons. The summed E-state index contributed by atoms with van der Waals surface area (Å²) in [4.78, 5) is 18.8. The largest absolute Gasteiger partial charge is 0.497 e. The number of rotatable bonds is 5. The third kappa shape index (κ3) is 3.62. The zero-order valence-electron chi connectivity index (χ0n) is 13.4. The summed E-state index contributed by atoms with van der Waals surface area (Å²) in [6.07, 6.45) is 2.12. The van der Waals surface area contributed by atoms with Gasteiger partial charge in [0.25, 0.3) is 5.91 Å². The Bertz CT molecular complexity index is 706. The SMILES string of the molecule is COc1ccc(CN2CC(CCCl)Oc3ncccc3C2=O)cc1. The van der Waals surface area contributed by atoms with E-state index in [0.29, 0.717) is 36.8 Å². The molecule has 0 spiro atoms. The molecule has 6 heteroatoms. The molecule has 1 amide bonds. The maximum Gasteiger partial charge on any atom is 0.259 e. The number of nitrogens with zero attached hydrogens (tertiary/aromatic N) is 2. The molecule has 24 heavy (non-hydrogen) atoms. The fourth-order valence-corrected chi connectivity index (χ4v) is 2.94. The smallest absolute Gasteiger partial charge is 0.259 e. The summed E-state index contributed by atoms with van der Waals surface area (Å²) in [5, 5.41) is 0. The van der Waals surface area contributed by atoms with E-state index in [-0.39, 0.29) is 12.0 Å². The van der Waals surface area contributed by atoms with Gasteiger partial charge in [-0.2, -0.15) is 0 Å². The van der Waals surface area contributed by atoms with E-state index in [4.69, 9.17) is 21.1 Å². The van der Waals surface area contributed by atoms with Gasteiger partial charge in [-0.15, -0.1) is 11.6 Å². The van der Waals surface area contributed by atoms with E-state index in [9.17, 15) is 4.79 Å². The third-order valence-electron chi connectivity index (χ3n) is 3.95. The monoisotopic (exact) mass is 346 g/mol. The average molecular weight is 347 g/mol. The topological polar surface area (TPSA) is 51.7 Å². The molecule has 1 aromatic heterocycles. The number of pyridine rings is 1. The van der Waals surface area contributed by atoms with Gasteiger partial charge >= 0.3 is 0 Å². The van der Waals surface area contributed by atoms with Crippen molar-refractivity contribution in [3.8, 4) is 11.6 Å². The predicted molar refractivity (Wildman–Crippen MR) is 91.7 cm³/mol. The van der Waals surface area contributed by atoms with Gasteiger partial charge in [0.15, 0.2) is 0 Å². The third-order valence-corrected chi connectivity index (χ3v) is 4.17. The molecule has 1 aromatic carbocycles. The maximum atomic E-state index is 12.9. The Hall–Kier alpha value is -2.27. The van der Waals surface area contributed by atoms with Crippen molar-refractivity contribution in [2.24, 2.45) is 0 Å². The number of methoxy groups -OCH3 is 1. The Morgan fingerprint density at radius 2 is 2.12 bits per heavy atom. The lowest BCUT2D eigenvalue weighted by Gasteiger charge is -2.24. The normalized spacial score (nSPS) is 17.0. The van der Waals surface area contributed by atoms with E-state index in [0.717, 1.165) is 11.3 Å². The molecule has 0 saturated heterocycles. The van der Waals surface area contributed by atoms with Crippen LogP contribution >= 0.6 is 11.6 Å². The van der Waals surface area contributed by atoms with Crippen LogP contribution < -0.4 is 9.47 Å². The lowest BCUT2D eigenvalue weighted by molar-refractivity contribution is 0.0691. The number of aromatic nitrogens is 1. The molecular weight excluding hydrogens is 328 g/mol. The number of fused-ring (bicyclic) bond motifs is 1. The van der Waals surface area contributed by atoms with Gasteiger partial charge in [-0.3, -0.25) is 4.79 Å². The molecule has 2 heterocycles. The van der Waals surface area contributed by atoms with Crippen LogP contribution in [-0.4, -0.2) is 41.4 Å². The number of ether oxygens (including phenoxy) is 2. The van der Waals surface area contributed by atoms with E-state index in [1.807, 2.05) is 24.3 Å². The molecule has 0 saturated carbocycles. The van der Waals surface area contributed by atoms with Crippen LogP contribution in [0.1, 0.15) is 22.3 Å². The Labute approximate surface area is 146 Å². The van der Waals surface area contributed by atoms with Gasteiger partial charge in [0.2, 0.25) is 5.88 Å². The van der Waals surface area contributed by atoms with Crippen LogP contribution in [0.5, 0.6) is 11.6 Å². The highest BCUT2D eigenvalue weighted by atomic mass is 35.5. The van der Waals surface area contributed by atoms with Gasteiger partial charge in [0.05, 0.1) is 13.7 Å². The lowest BCUT2D eigenvalue weighted by atomic mass is 10.1. The molecular formula is C18H19ClN2O3. The molecule has 0 N–H and O–H groups in total. The van der Waals surface area contributed by atoms with E-state index in [2.05, 4.69) is 4.98 Å². The highest BCUT2D eigenvalue weighted by Crippen LogP contribution is 2.25. The Morgan fingerprint density at radius 3 is 2.83 bits per heavy atom. The number of carbonyl (C=O) groups excluding carboxylic acids is 1. The average Bonchev–Trinajstić information content (AvgIpc) is 2.73. The van der Waals surface area contributed by atoms with Crippen LogP contribution in [-0.2, 0) is 6.54 Å². The number of benzene rings is 1. The predicted octanol–water partition coefficient (Wildman–Crippen LogP) is 3.12. The molecule has 0 aliphatic carbocycles. The van der Waals surface area contributed by atoms with Crippen molar-refractivity contribution < 1.29 is 14.3 Å². The summed E-state index contributed by atoms with van der Waals surface area (Å²) < 4.78 is 11.1. The van der Waals surface area contributed by atoms with E-state index in [1.165, 1.54) is 0 Å². The van der Waals surface area contributed by atoms with Crippen molar-refractivity contribution in [1.29, 1.82) is 0 Å².